The van der Waals surface area contributed by atoms with E-state index in [1.165, 1.54) is 15.4 Å². The van der Waals surface area contributed by atoms with Gasteiger partial charge in [0.1, 0.15) is 6.54 Å². The van der Waals surface area contributed by atoms with Crippen LogP contribution in [0.1, 0.15) is 12.0 Å². The van der Waals surface area contributed by atoms with Crippen molar-refractivity contribution in [3.8, 4) is 0 Å². The molecule has 3 rings (SSSR count). The highest BCUT2D eigenvalue weighted by molar-refractivity contribution is 6.30. The van der Waals surface area contributed by atoms with Gasteiger partial charge in [0, 0.05) is 30.3 Å². The topological polar surface area (TPSA) is 81.8 Å². The van der Waals surface area contributed by atoms with Gasteiger partial charge in [-0.25, -0.2) is 4.79 Å². The maximum Gasteiger partial charge on any atom is 0.322 e. The number of halogens is 1. The summed E-state index contributed by atoms with van der Waals surface area (Å²) in [7, 11) is 0. The molecular formula is C22H25ClN4O3. The van der Waals surface area contributed by atoms with E-state index in [0.717, 1.165) is 12.8 Å². The molecule has 2 aromatic carbocycles. The highest BCUT2D eigenvalue weighted by Crippen LogP contribution is 2.14. The minimum atomic E-state index is -0.351. The standard InChI is InChI=1S/C22H25ClN4O3/c23-18-8-10-19(11-9-18)25-22(30)27-14-13-26(21(29)16-27)15-20(28)24-12-4-7-17-5-2-1-3-6-17/h1-3,5-6,8-11H,4,7,12-16H2,(H,24,28)(H,25,30). The van der Waals surface area contributed by atoms with Crippen molar-refractivity contribution in [1.82, 2.24) is 15.1 Å². The number of urea groups is 1. The van der Waals surface area contributed by atoms with E-state index >= 15 is 0 Å². The molecule has 0 aromatic heterocycles. The third-order valence-electron chi connectivity index (χ3n) is 4.84. The molecule has 1 aliphatic rings. The number of hydrogen-bond donors (Lipinski definition) is 2. The summed E-state index contributed by atoms with van der Waals surface area (Å²) in [5.41, 5.74) is 1.84. The summed E-state index contributed by atoms with van der Waals surface area (Å²) in [6.07, 6.45) is 1.73. The SMILES string of the molecule is O=C(CN1CCN(C(=O)Nc2ccc(Cl)cc2)CC1=O)NCCCc1ccccc1. The Hall–Kier alpha value is -3.06. The first-order chi connectivity index (χ1) is 14.5. The van der Waals surface area contributed by atoms with Crippen LogP contribution in [0.3, 0.4) is 0 Å². The van der Waals surface area contributed by atoms with Gasteiger partial charge in [-0.05, 0) is 42.7 Å². The third kappa shape index (κ3) is 6.49. The van der Waals surface area contributed by atoms with Crippen LogP contribution < -0.4 is 10.6 Å². The molecule has 8 heteroatoms. The summed E-state index contributed by atoms with van der Waals surface area (Å²) in [4.78, 5) is 39.8. The lowest BCUT2D eigenvalue weighted by atomic mass is 10.1. The Morgan fingerprint density at radius 3 is 2.43 bits per heavy atom. The maximum absolute atomic E-state index is 12.4. The molecule has 0 atom stereocenters. The number of carbonyl (C=O) groups excluding carboxylic acids is 3. The molecule has 7 nitrogen and oxygen atoms in total. The van der Waals surface area contributed by atoms with Gasteiger partial charge in [-0.2, -0.15) is 0 Å². The Balaban J connectivity index is 1.37. The Morgan fingerprint density at radius 2 is 1.73 bits per heavy atom. The van der Waals surface area contributed by atoms with E-state index in [2.05, 4.69) is 22.8 Å². The van der Waals surface area contributed by atoms with Gasteiger partial charge >= 0.3 is 6.03 Å². The predicted molar refractivity (Wildman–Crippen MR) is 116 cm³/mol. The molecule has 0 bridgehead atoms. The summed E-state index contributed by atoms with van der Waals surface area (Å²) in [6.45, 7) is 1.21. The van der Waals surface area contributed by atoms with Gasteiger partial charge in [0.15, 0.2) is 0 Å². The highest BCUT2D eigenvalue weighted by Gasteiger charge is 2.28. The fourth-order valence-electron chi connectivity index (χ4n) is 3.18. The number of carbonyl (C=O) groups is 3. The molecule has 0 spiro atoms. The van der Waals surface area contributed by atoms with Crippen molar-refractivity contribution >= 4 is 35.1 Å². The second-order valence-electron chi connectivity index (χ2n) is 7.11. The van der Waals surface area contributed by atoms with Crippen LogP contribution >= 0.6 is 11.6 Å². The summed E-state index contributed by atoms with van der Waals surface area (Å²) in [6, 6.07) is 16.5. The molecule has 0 saturated carbocycles. The van der Waals surface area contributed by atoms with E-state index in [9.17, 15) is 14.4 Å². The van der Waals surface area contributed by atoms with Crippen LogP contribution in [0.25, 0.3) is 0 Å². The fourth-order valence-corrected chi connectivity index (χ4v) is 3.31. The normalized spacial score (nSPS) is 13.8. The van der Waals surface area contributed by atoms with Crippen LogP contribution in [0.4, 0.5) is 10.5 Å². The molecule has 1 fully saturated rings. The number of rotatable bonds is 7. The van der Waals surface area contributed by atoms with Crippen LogP contribution in [-0.4, -0.2) is 60.4 Å². The molecule has 0 unspecified atom stereocenters. The van der Waals surface area contributed by atoms with Crippen molar-refractivity contribution in [3.05, 3.63) is 65.2 Å². The maximum atomic E-state index is 12.4. The molecule has 2 N–H and O–H groups in total. The Kier molecular flexibility index (Phi) is 7.68. The Morgan fingerprint density at radius 1 is 1.00 bits per heavy atom. The van der Waals surface area contributed by atoms with Crippen molar-refractivity contribution in [2.75, 3.05) is 38.0 Å². The average Bonchev–Trinajstić information content (AvgIpc) is 2.75. The van der Waals surface area contributed by atoms with E-state index in [1.54, 1.807) is 24.3 Å². The summed E-state index contributed by atoms with van der Waals surface area (Å²) < 4.78 is 0. The summed E-state index contributed by atoms with van der Waals surface area (Å²) in [5.74, 6) is -0.428. The molecule has 2 aromatic rings. The number of hydrogen-bond acceptors (Lipinski definition) is 3. The summed E-state index contributed by atoms with van der Waals surface area (Å²) >= 11 is 5.84. The molecule has 0 aliphatic carbocycles. The van der Waals surface area contributed by atoms with Crippen LogP contribution in [0.5, 0.6) is 0 Å². The second-order valence-corrected chi connectivity index (χ2v) is 7.55. The molecular weight excluding hydrogens is 404 g/mol. The molecule has 30 heavy (non-hydrogen) atoms. The monoisotopic (exact) mass is 428 g/mol. The van der Waals surface area contributed by atoms with Gasteiger partial charge in [0.25, 0.3) is 0 Å². The number of aryl methyl sites for hydroxylation is 1. The molecule has 0 radical (unpaired) electrons. The molecule has 1 saturated heterocycles. The van der Waals surface area contributed by atoms with E-state index in [1.807, 2.05) is 18.2 Å². The van der Waals surface area contributed by atoms with Crippen LogP contribution in [0.2, 0.25) is 5.02 Å². The van der Waals surface area contributed by atoms with E-state index < -0.39 is 0 Å². The lowest BCUT2D eigenvalue weighted by molar-refractivity contribution is -0.139. The van der Waals surface area contributed by atoms with Crippen LogP contribution in [-0.2, 0) is 16.0 Å². The zero-order chi connectivity index (χ0) is 21.3. The Bertz CT molecular complexity index is 874. The van der Waals surface area contributed by atoms with Gasteiger partial charge in [0.05, 0.1) is 6.54 Å². The number of benzene rings is 2. The van der Waals surface area contributed by atoms with Gasteiger partial charge in [-0.3, -0.25) is 9.59 Å². The second kappa shape index (κ2) is 10.6. The number of piperazine rings is 1. The third-order valence-corrected chi connectivity index (χ3v) is 5.10. The van der Waals surface area contributed by atoms with Crippen molar-refractivity contribution < 1.29 is 14.4 Å². The van der Waals surface area contributed by atoms with Gasteiger partial charge < -0.3 is 20.4 Å². The van der Waals surface area contributed by atoms with Gasteiger partial charge in [-0.15, -0.1) is 0 Å². The minimum Gasteiger partial charge on any atom is -0.355 e. The van der Waals surface area contributed by atoms with Gasteiger partial charge in [0.2, 0.25) is 11.8 Å². The van der Waals surface area contributed by atoms with E-state index in [4.69, 9.17) is 11.6 Å². The smallest absolute Gasteiger partial charge is 0.322 e. The highest BCUT2D eigenvalue weighted by atomic mass is 35.5. The lowest BCUT2D eigenvalue weighted by Crippen LogP contribution is -2.55. The number of nitrogens with zero attached hydrogens (tertiary/aromatic N) is 2. The van der Waals surface area contributed by atoms with E-state index in [-0.39, 0.29) is 30.9 Å². The van der Waals surface area contributed by atoms with E-state index in [0.29, 0.717) is 30.3 Å². The fraction of sp³-hybridized carbons (Fsp3) is 0.318. The number of nitrogens with one attached hydrogen (secondary N) is 2. The average molecular weight is 429 g/mol. The largest absolute Gasteiger partial charge is 0.355 e. The number of amides is 4. The first-order valence-electron chi connectivity index (χ1n) is 9.91. The zero-order valence-corrected chi connectivity index (χ0v) is 17.4. The van der Waals surface area contributed by atoms with Crippen molar-refractivity contribution in [3.63, 3.8) is 0 Å². The van der Waals surface area contributed by atoms with Crippen LogP contribution in [0, 0.1) is 0 Å². The van der Waals surface area contributed by atoms with Gasteiger partial charge in [-0.1, -0.05) is 41.9 Å². The first kappa shape index (κ1) is 21.6. The van der Waals surface area contributed by atoms with Crippen molar-refractivity contribution in [1.29, 1.82) is 0 Å². The molecule has 158 valence electrons. The van der Waals surface area contributed by atoms with Crippen molar-refractivity contribution in [2.45, 2.75) is 12.8 Å². The lowest BCUT2D eigenvalue weighted by Gasteiger charge is -2.33. The molecule has 1 heterocycles. The van der Waals surface area contributed by atoms with Crippen molar-refractivity contribution in [2.24, 2.45) is 0 Å². The zero-order valence-electron chi connectivity index (χ0n) is 16.6. The minimum absolute atomic E-state index is 0.0107. The number of anilines is 1. The quantitative estimate of drug-likeness (QED) is 0.665. The molecule has 4 amide bonds. The first-order valence-corrected chi connectivity index (χ1v) is 10.3. The molecule has 1 aliphatic heterocycles. The Labute approximate surface area is 181 Å². The van der Waals surface area contributed by atoms with Crippen LogP contribution in [0.15, 0.2) is 54.6 Å². The summed E-state index contributed by atoms with van der Waals surface area (Å²) in [5, 5.41) is 6.18. The predicted octanol–water partition coefficient (Wildman–Crippen LogP) is 2.77.